The number of rotatable bonds is 2. The van der Waals surface area contributed by atoms with E-state index >= 15 is 0 Å². The van der Waals surface area contributed by atoms with E-state index < -0.39 is 6.23 Å². The van der Waals surface area contributed by atoms with Crippen LogP contribution in [0, 0.1) is 0 Å². The van der Waals surface area contributed by atoms with E-state index in [0.29, 0.717) is 0 Å². The van der Waals surface area contributed by atoms with E-state index in [1.165, 1.54) is 13.2 Å². The molecule has 0 spiro atoms. The average Bonchev–Trinajstić information content (AvgIpc) is 1.65. The van der Waals surface area contributed by atoms with Crippen LogP contribution in [-0.4, -0.2) is 13.3 Å². The zero-order valence-corrected chi connectivity index (χ0v) is 3.77. The first-order chi connectivity index (χ1) is 2.81. The summed E-state index contributed by atoms with van der Waals surface area (Å²) in [4.78, 5) is 0. The highest BCUT2D eigenvalue weighted by atomic mass is 16.5. The molecule has 1 radical (unpaired) electrons. The highest BCUT2D eigenvalue weighted by Crippen LogP contribution is 1.77. The molecule has 0 aromatic carbocycles. The minimum atomic E-state index is -0.551. The lowest BCUT2D eigenvalue weighted by molar-refractivity contribution is 0.141. The molecule has 0 saturated carbocycles. The average molecular weight is 86.1 g/mol. The Bertz CT molecular complexity index is 44.8. The first kappa shape index (κ1) is 5.66. The summed E-state index contributed by atoms with van der Waals surface area (Å²) in [6.45, 7) is 3.32. The van der Waals surface area contributed by atoms with Crippen molar-refractivity contribution in [2.24, 2.45) is 0 Å². The molecule has 0 rings (SSSR count). The number of hydrogen-bond donors (Lipinski definition) is 0. The largest absolute Gasteiger partial charge is 0.362 e. The molecule has 6 heavy (non-hydrogen) atoms. The Morgan fingerprint density at radius 3 is 2.50 bits per heavy atom. The summed E-state index contributed by atoms with van der Waals surface area (Å²) in [6.07, 6.45) is 0.866. The van der Waals surface area contributed by atoms with Crippen molar-refractivity contribution in [3.63, 3.8) is 0 Å². The molecule has 0 fully saturated rings. The number of methoxy groups -OCH3 is 1. The molecule has 0 amide bonds. The van der Waals surface area contributed by atoms with Crippen molar-refractivity contribution in [3.8, 4) is 0 Å². The maximum atomic E-state index is 6.73. The Hall–Kier alpha value is -0.340. The topological polar surface area (TPSA) is 33.0 Å². The van der Waals surface area contributed by atoms with E-state index in [1.807, 2.05) is 0 Å². The van der Waals surface area contributed by atoms with Gasteiger partial charge in [0.05, 0.1) is 0 Å². The Morgan fingerprint density at radius 2 is 2.50 bits per heavy atom. The summed E-state index contributed by atoms with van der Waals surface area (Å²) in [5.74, 6) is 0. The van der Waals surface area contributed by atoms with Gasteiger partial charge in [-0.1, -0.05) is 6.58 Å². The second-order valence-electron chi connectivity index (χ2n) is 0.892. The van der Waals surface area contributed by atoms with Crippen LogP contribution in [0.5, 0.6) is 0 Å². The molecule has 1 N–H and O–H groups in total. The molecular formula is C4H8NO. The van der Waals surface area contributed by atoms with E-state index in [9.17, 15) is 0 Å². The minimum absolute atomic E-state index is 0.551. The quantitative estimate of drug-likeness (QED) is 0.448. The standard InChI is InChI=1S/C4H8NO/c1-3-4(5)6-2/h3-5H,1H2,2H3. The smallest absolute Gasteiger partial charge is 0.138 e. The summed E-state index contributed by atoms with van der Waals surface area (Å²) >= 11 is 0. The predicted octanol–water partition coefficient (Wildman–Crippen LogP) is 0.428. The highest BCUT2D eigenvalue weighted by Gasteiger charge is 1.84. The molecule has 1 unspecified atom stereocenters. The normalized spacial score (nSPS) is 13.7. The van der Waals surface area contributed by atoms with Crippen LogP contribution < -0.4 is 5.73 Å². The van der Waals surface area contributed by atoms with Gasteiger partial charge in [0.25, 0.3) is 0 Å². The zero-order chi connectivity index (χ0) is 4.99. The van der Waals surface area contributed by atoms with Crippen LogP contribution in [0.3, 0.4) is 0 Å². The van der Waals surface area contributed by atoms with Crippen molar-refractivity contribution in [2.75, 3.05) is 7.11 Å². The molecule has 0 saturated heterocycles. The van der Waals surface area contributed by atoms with Gasteiger partial charge in [0.2, 0.25) is 0 Å². The van der Waals surface area contributed by atoms with Crippen molar-refractivity contribution in [1.29, 1.82) is 0 Å². The molecule has 0 aromatic rings. The first-order valence-electron chi connectivity index (χ1n) is 1.67. The van der Waals surface area contributed by atoms with E-state index in [-0.39, 0.29) is 0 Å². The van der Waals surface area contributed by atoms with E-state index in [1.54, 1.807) is 0 Å². The van der Waals surface area contributed by atoms with Gasteiger partial charge in [-0.2, -0.15) is 0 Å². The summed E-state index contributed by atoms with van der Waals surface area (Å²) in [7, 11) is 1.47. The molecule has 0 aliphatic rings. The third-order valence-corrected chi connectivity index (χ3v) is 0.468. The van der Waals surface area contributed by atoms with Gasteiger partial charge < -0.3 is 4.74 Å². The Labute approximate surface area is 37.6 Å². The molecule has 35 valence electrons. The second kappa shape index (κ2) is 2.87. The second-order valence-corrected chi connectivity index (χ2v) is 0.892. The molecule has 2 heteroatoms. The Kier molecular flexibility index (Phi) is 2.71. The van der Waals surface area contributed by atoms with Gasteiger partial charge in [-0.3, -0.25) is 0 Å². The van der Waals surface area contributed by atoms with Crippen LogP contribution >= 0.6 is 0 Å². The van der Waals surface area contributed by atoms with Gasteiger partial charge in [-0.05, 0) is 6.08 Å². The van der Waals surface area contributed by atoms with Gasteiger partial charge in [-0.25, -0.2) is 5.73 Å². The maximum absolute atomic E-state index is 6.73. The molecular weight excluding hydrogens is 78.0 g/mol. The lowest BCUT2D eigenvalue weighted by Crippen LogP contribution is -2.05. The maximum Gasteiger partial charge on any atom is 0.138 e. The number of ether oxygens (including phenoxy) is 1. The summed E-state index contributed by atoms with van der Waals surface area (Å²) in [5, 5.41) is 0. The molecule has 0 heterocycles. The van der Waals surface area contributed by atoms with Gasteiger partial charge >= 0.3 is 0 Å². The Morgan fingerprint density at radius 1 is 2.00 bits per heavy atom. The third kappa shape index (κ3) is 1.93. The fourth-order valence-electron chi connectivity index (χ4n) is 0.0962. The molecule has 0 aromatic heterocycles. The van der Waals surface area contributed by atoms with Crippen LogP contribution in [0.1, 0.15) is 0 Å². The molecule has 0 aliphatic carbocycles. The summed E-state index contributed by atoms with van der Waals surface area (Å²) < 4.78 is 4.45. The molecule has 2 nitrogen and oxygen atoms in total. The van der Waals surface area contributed by atoms with Crippen molar-refractivity contribution < 1.29 is 4.74 Å². The van der Waals surface area contributed by atoms with Crippen molar-refractivity contribution in [1.82, 2.24) is 5.73 Å². The molecule has 0 aliphatic heterocycles. The van der Waals surface area contributed by atoms with Gasteiger partial charge in [0.1, 0.15) is 6.23 Å². The van der Waals surface area contributed by atoms with Crippen LogP contribution in [0.15, 0.2) is 12.7 Å². The summed E-state index contributed by atoms with van der Waals surface area (Å²) in [5.41, 5.74) is 6.73. The minimum Gasteiger partial charge on any atom is -0.362 e. The van der Waals surface area contributed by atoms with E-state index in [4.69, 9.17) is 5.73 Å². The van der Waals surface area contributed by atoms with Crippen molar-refractivity contribution >= 4 is 0 Å². The number of hydrogen-bond acceptors (Lipinski definition) is 1. The molecule has 0 bridgehead atoms. The van der Waals surface area contributed by atoms with Gasteiger partial charge in [0, 0.05) is 7.11 Å². The lowest BCUT2D eigenvalue weighted by atomic mass is 10.6. The lowest BCUT2D eigenvalue weighted by Gasteiger charge is -1.96. The van der Waals surface area contributed by atoms with E-state index in [2.05, 4.69) is 11.3 Å². The van der Waals surface area contributed by atoms with Crippen molar-refractivity contribution in [2.45, 2.75) is 6.23 Å². The monoisotopic (exact) mass is 86.1 g/mol. The van der Waals surface area contributed by atoms with Crippen LogP contribution in [0.4, 0.5) is 0 Å². The summed E-state index contributed by atoms with van der Waals surface area (Å²) in [6, 6.07) is 0. The molecule has 1 atom stereocenters. The van der Waals surface area contributed by atoms with Gasteiger partial charge in [-0.15, -0.1) is 0 Å². The van der Waals surface area contributed by atoms with E-state index in [0.717, 1.165) is 0 Å². The van der Waals surface area contributed by atoms with Crippen LogP contribution in [-0.2, 0) is 4.74 Å². The van der Waals surface area contributed by atoms with Crippen molar-refractivity contribution in [3.05, 3.63) is 12.7 Å². The fraction of sp³-hybridized carbons (Fsp3) is 0.500. The fourth-order valence-corrected chi connectivity index (χ4v) is 0.0962. The highest BCUT2D eigenvalue weighted by molar-refractivity contribution is 4.72. The third-order valence-electron chi connectivity index (χ3n) is 0.468. The zero-order valence-electron chi connectivity index (χ0n) is 3.77. The SMILES string of the molecule is C=CC([NH])OC. The first-order valence-corrected chi connectivity index (χ1v) is 1.67. The van der Waals surface area contributed by atoms with Gasteiger partial charge in [0.15, 0.2) is 0 Å². The predicted molar refractivity (Wildman–Crippen MR) is 24.1 cm³/mol. The van der Waals surface area contributed by atoms with Crippen LogP contribution in [0.25, 0.3) is 0 Å². The van der Waals surface area contributed by atoms with Crippen LogP contribution in [0.2, 0.25) is 0 Å². The number of nitrogens with one attached hydrogen (secondary N) is 1. The Balaban J connectivity index is 2.96.